The number of carbonyl (C=O) groups is 2. The normalized spacial score (nSPS) is 23.2. The summed E-state index contributed by atoms with van der Waals surface area (Å²) in [6.45, 7) is 3.91. The van der Waals surface area contributed by atoms with E-state index in [0.717, 1.165) is 24.9 Å². The number of rotatable bonds is 5. The molecule has 0 bridgehead atoms. The summed E-state index contributed by atoms with van der Waals surface area (Å²) in [7, 11) is 3.22. The summed E-state index contributed by atoms with van der Waals surface area (Å²) in [6.07, 6.45) is 2.24. The highest BCUT2D eigenvalue weighted by molar-refractivity contribution is 5.89. The highest BCUT2D eigenvalue weighted by atomic mass is 16.5. The van der Waals surface area contributed by atoms with Crippen LogP contribution in [0.2, 0.25) is 0 Å². The van der Waals surface area contributed by atoms with Crippen LogP contribution in [0.5, 0.6) is 11.5 Å². The van der Waals surface area contributed by atoms with Crippen molar-refractivity contribution >= 4 is 11.8 Å². The molecule has 0 spiro atoms. The molecule has 2 amide bonds. The van der Waals surface area contributed by atoms with Gasteiger partial charge in [0.05, 0.1) is 26.2 Å². The summed E-state index contributed by atoms with van der Waals surface area (Å²) in [5.74, 6) is 1.33. The number of carbonyl (C=O) groups excluding carboxylic acids is 2. The predicted molar refractivity (Wildman–Crippen MR) is 93.6 cm³/mol. The standard InChI is InChI=1S/C19H26N2O4/c1-4-20-12-14(11-18(20)22)19(23)21-9-5-6-15(21)13-7-8-16(24-2)17(10-13)25-3/h7-8,10,14-15H,4-6,9,11-12H2,1-3H3/t14-,15-/m0/s1. The Balaban J connectivity index is 1.79. The van der Waals surface area contributed by atoms with Gasteiger partial charge in [-0.25, -0.2) is 0 Å². The zero-order chi connectivity index (χ0) is 18.0. The number of hydrogen-bond donors (Lipinski definition) is 0. The van der Waals surface area contributed by atoms with Crippen molar-refractivity contribution in [3.05, 3.63) is 23.8 Å². The van der Waals surface area contributed by atoms with Gasteiger partial charge in [-0.1, -0.05) is 6.07 Å². The molecule has 2 aliphatic heterocycles. The first-order valence-electron chi connectivity index (χ1n) is 8.89. The monoisotopic (exact) mass is 346 g/mol. The number of nitrogens with zero attached hydrogens (tertiary/aromatic N) is 2. The lowest BCUT2D eigenvalue weighted by atomic mass is 10.0. The molecule has 0 aromatic heterocycles. The number of benzene rings is 1. The van der Waals surface area contributed by atoms with Crippen LogP contribution in [-0.4, -0.2) is 55.5 Å². The molecule has 6 heteroatoms. The summed E-state index contributed by atoms with van der Waals surface area (Å²) in [4.78, 5) is 28.7. The predicted octanol–water partition coefficient (Wildman–Crippen LogP) is 2.24. The molecule has 1 aromatic carbocycles. The van der Waals surface area contributed by atoms with Crippen LogP contribution in [0.1, 0.15) is 37.8 Å². The van der Waals surface area contributed by atoms with E-state index in [1.54, 1.807) is 19.1 Å². The van der Waals surface area contributed by atoms with Gasteiger partial charge in [0.1, 0.15) is 0 Å². The van der Waals surface area contributed by atoms with E-state index in [-0.39, 0.29) is 23.8 Å². The molecule has 2 aliphatic rings. The maximum Gasteiger partial charge on any atom is 0.228 e. The Morgan fingerprint density at radius 2 is 2.00 bits per heavy atom. The quantitative estimate of drug-likeness (QED) is 0.820. The molecule has 2 atom stereocenters. The molecule has 0 aliphatic carbocycles. The molecule has 0 radical (unpaired) electrons. The maximum atomic E-state index is 13.0. The van der Waals surface area contributed by atoms with Crippen LogP contribution >= 0.6 is 0 Å². The Morgan fingerprint density at radius 1 is 1.24 bits per heavy atom. The zero-order valence-corrected chi connectivity index (χ0v) is 15.2. The van der Waals surface area contributed by atoms with E-state index in [9.17, 15) is 9.59 Å². The zero-order valence-electron chi connectivity index (χ0n) is 15.2. The molecule has 2 fully saturated rings. The second-order valence-corrected chi connectivity index (χ2v) is 6.64. The van der Waals surface area contributed by atoms with Crippen molar-refractivity contribution < 1.29 is 19.1 Å². The van der Waals surface area contributed by atoms with E-state index < -0.39 is 0 Å². The van der Waals surface area contributed by atoms with E-state index >= 15 is 0 Å². The highest BCUT2D eigenvalue weighted by Gasteiger charge is 2.39. The third-order valence-corrected chi connectivity index (χ3v) is 5.27. The molecule has 0 saturated carbocycles. The fraction of sp³-hybridized carbons (Fsp3) is 0.579. The van der Waals surface area contributed by atoms with Crippen molar-refractivity contribution in [3.63, 3.8) is 0 Å². The highest BCUT2D eigenvalue weighted by Crippen LogP contribution is 2.38. The number of likely N-dealkylation sites (tertiary alicyclic amines) is 2. The van der Waals surface area contributed by atoms with Crippen LogP contribution in [0.25, 0.3) is 0 Å². The van der Waals surface area contributed by atoms with Crippen LogP contribution in [0.3, 0.4) is 0 Å². The molecule has 2 saturated heterocycles. The molecule has 25 heavy (non-hydrogen) atoms. The van der Waals surface area contributed by atoms with Crippen LogP contribution < -0.4 is 9.47 Å². The summed E-state index contributed by atoms with van der Waals surface area (Å²) in [6, 6.07) is 5.87. The van der Waals surface area contributed by atoms with Gasteiger partial charge in [-0.3, -0.25) is 9.59 Å². The van der Waals surface area contributed by atoms with E-state index in [4.69, 9.17) is 9.47 Å². The van der Waals surface area contributed by atoms with Crippen molar-refractivity contribution in [2.45, 2.75) is 32.2 Å². The second kappa shape index (κ2) is 7.33. The van der Waals surface area contributed by atoms with Crippen molar-refractivity contribution in [1.29, 1.82) is 0 Å². The first kappa shape index (κ1) is 17.6. The smallest absolute Gasteiger partial charge is 0.228 e. The second-order valence-electron chi connectivity index (χ2n) is 6.64. The molecular formula is C19H26N2O4. The minimum absolute atomic E-state index is 0.0399. The lowest BCUT2D eigenvalue weighted by molar-refractivity contribution is -0.136. The Labute approximate surface area is 148 Å². The number of amides is 2. The molecule has 0 N–H and O–H groups in total. The van der Waals surface area contributed by atoms with Gasteiger partial charge in [0.25, 0.3) is 0 Å². The van der Waals surface area contributed by atoms with Gasteiger partial charge in [-0.2, -0.15) is 0 Å². The largest absolute Gasteiger partial charge is 0.493 e. The third-order valence-electron chi connectivity index (χ3n) is 5.27. The fourth-order valence-electron chi connectivity index (χ4n) is 3.91. The maximum absolute atomic E-state index is 13.0. The summed E-state index contributed by atoms with van der Waals surface area (Å²) >= 11 is 0. The van der Waals surface area contributed by atoms with Crippen LogP contribution in [0.15, 0.2) is 18.2 Å². The molecule has 2 heterocycles. The Morgan fingerprint density at radius 3 is 2.64 bits per heavy atom. The van der Waals surface area contributed by atoms with Crippen LogP contribution in [-0.2, 0) is 9.59 Å². The lowest BCUT2D eigenvalue weighted by Gasteiger charge is -2.28. The number of hydrogen-bond acceptors (Lipinski definition) is 4. The van der Waals surface area contributed by atoms with E-state index in [1.807, 2.05) is 30.0 Å². The minimum Gasteiger partial charge on any atom is -0.493 e. The first-order chi connectivity index (χ1) is 12.1. The average molecular weight is 346 g/mol. The van der Waals surface area contributed by atoms with Crippen molar-refractivity contribution in [3.8, 4) is 11.5 Å². The number of methoxy groups -OCH3 is 2. The molecule has 0 unspecified atom stereocenters. The molecule has 136 valence electrons. The van der Waals surface area contributed by atoms with Crippen molar-refractivity contribution in [1.82, 2.24) is 9.80 Å². The van der Waals surface area contributed by atoms with E-state index in [0.29, 0.717) is 31.0 Å². The van der Waals surface area contributed by atoms with E-state index in [2.05, 4.69) is 0 Å². The fourth-order valence-corrected chi connectivity index (χ4v) is 3.91. The van der Waals surface area contributed by atoms with Gasteiger partial charge in [0.2, 0.25) is 11.8 Å². The molecule has 6 nitrogen and oxygen atoms in total. The molecule has 1 aromatic rings. The summed E-state index contributed by atoms with van der Waals surface area (Å²) < 4.78 is 10.7. The molecule has 3 rings (SSSR count). The number of ether oxygens (including phenoxy) is 2. The van der Waals surface area contributed by atoms with Gasteiger partial charge in [0.15, 0.2) is 11.5 Å². The van der Waals surface area contributed by atoms with Crippen LogP contribution in [0, 0.1) is 5.92 Å². The van der Waals surface area contributed by atoms with Gasteiger partial charge in [-0.05, 0) is 37.5 Å². The SMILES string of the molecule is CCN1C[C@@H](C(=O)N2CCC[C@H]2c2ccc(OC)c(OC)c2)CC1=O. The van der Waals surface area contributed by atoms with Gasteiger partial charge < -0.3 is 19.3 Å². The van der Waals surface area contributed by atoms with Crippen molar-refractivity contribution in [2.75, 3.05) is 33.9 Å². The Bertz CT molecular complexity index is 661. The average Bonchev–Trinajstić information content (AvgIpc) is 3.27. The van der Waals surface area contributed by atoms with Gasteiger partial charge in [-0.15, -0.1) is 0 Å². The lowest BCUT2D eigenvalue weighted by Crippen LogP contribution is -2.37. The van der Waals surface area contributed by atoms with Gasteiger partial charge in [0, 0.05) is 26.1 Å². The molecular weight excluding hydrogens is 320 g/mol. The minimum atomic E-state index is -0.215. The Kier molecular flexibility index (Phi) is 5.16. The topological polar surface area (TPSA) is 59.1 Å². The third kappa shape index (κ3) is 3.30. The van der Waals surface area contributed by atoms with Gasteiger partial charge >= 0.3 is 0 Å². The Hall–Kier alpha value is -2.24. The summed E-state index contributed by atoms with van der Waals surface area (Å²) in [5, 5.41) is 0. The summed E-state index contributed by atoms with van der Waals surface area (Å²) in [5.41, 5.74) is 1.06. The van der Waals surface area contributed by atoms with Crippen LogP contribution in [0.4, 0.5) is 0 Å². The van der Waals surface area contributed by atoms with Crippen molar-refractivity contribution in [2.24, 2.45) is 5.92 Å². The first-order valence-corrected chi connectivity index (χ1v) is 8.89. The van der Waals surface area contributed by atoms with E-state index in [1.165, 1.54) is 0 Å².